The number of nitrogens with one attached hydrogen (secondary N) is 1. The Bertz CT molecular complexity index is 1040. The first kappa shape index (κ1) is 17.7. The van der Waals surface area contributed by atoms with Crippen LogP contribution in [-0.2, 0) is 6.54 Å². The van der Waals surface area contributed by atoms with Crippen LogP contribution in [0.15, 0.2) is 85.3 Å². The SMILES string of the molecule is Cc1nc(Oc2ccc(-c3ccccc3)nc2)ccc1NCc1cccnc1. The molecule has 5 nitrogen and oxygen atoms in total. The highest BCUT2D eigenvalue weighted by Gasteiger charge is 2.05. The third-order valence-corrected chi connectivity index (χ3v) is 4.29. The van der Waals surface area contributed by atoms with Gasteiger partial charge >= 0.3 is 0 Å². The van der Waals surface area contributed by atoms with Crippen LogP contribution in [0.2, 0.25) is 0 Å². The summed E-state index contributed by atoms with van der Waals surface area (Å²) in [5.41, 5.74) is 4.94. The van der Waals surface area contributed by atoms with Crippen molar-refractivity contribution in [2.75, 3.05) is 5.32 Å². The summed E-state index contributed by atoms with van der Waals surface area (Å²) < 4.78 is 5.86. The Hall–Kier alpha value is -3.73. The average Bonchev–Trinajstić information content (AvgIpc) is 2.75. The number of hydrogen-bond donors (Lipinski definition) is 1. The molecular formula is C23H20N4O. The second-order valence-electron chi connectivity index (χ2n) is 6.34. The normalized spacial score (nSPS) is 10.5. The van der Waals surface area contributed by atoms with Gasteiger partial charge in [0.1, 0.15) is 5.75 Å². The lowest BCUT2D eigenvalue weighted by Crippen LogP contribution is -2.03. The van der Waals surface area contributed by atoms with E-state index in [1.807, 2.05) is 79.9 Å². The van der Waals surface area contributed by atoms with Gasteiger partial charge in [-0.25, -0.2) is 4.98 Å². The Labute approximate surface area is 164 Å². The summed E-state index contributed by atoms with van der Waals surface area (Å²) in [7, 11) is 0. The van der Waals surface area contributed by atoms with Gasteiger partial charge in [-0.15, -0.1) is 0 Å². The Morgan fingerprint density at radius 1 is 0.893 bits per heavy atom. The first-order chi connectivity index (χ1) is 13.8. The fourth-order valence-electron chi connectivity index (χ4n) is 2.82. The molecule has 0 aliphatic rings. The second kappa shape index (κ2) is 8.31. The molecule has 28 heavy (non-hydrogen) atoms. The molecular weight excluding hydrogens is 348 g/mol. The number of anilines is 1. The molecule has 0 saturated carbocycles. The van der Waals surface area contributed by atoms with Gasteiger partial charge in [0.15, 0.2) is 0 Å². The van der Waals surface area contributed by atoms with E-state index in [9.17, 15) is 0 Å². The molecule has 0 saturated heterocycles. The first-order valence-corrected chi connectivity index (χ1v) is 9.08. The summed E-state index contributed by atoms with van der Waals surface area (Å²) in [6.45, 7) is 2.65. The molecule has 0 atom stereocenters. The Morgan fingerprint density at radius 2 is 1.79 bits per heavy atom. The molecule has 3 aromatic heterocycles. The molecule has 0 fully saturated rings. The minimum absolute atomic E-state index is 0.540. The minimum Gasteiger partial charge on any atom is -0.437 e. The van der Waals surface area contributed by atoms with Crippen LogP contribution in [0.5, 0.6) is 11.6 Å². The molecule has 5 heteroatoms. The zero-order valence-electron chi connectivity index (χ0n) is 15.5. The van der Waals surface area contributed by atoms with Crippen molar-refractivity contribution in [2.24, 2.45) is 0 Å². The topological polar surface area (TPSA) is 59.9 Å². The van der Waals surface area contributed by atoms with Gasteiger partial charge in [-0.1, -0.05) is 36.4 Å². The van der Waals surface area contributed by atoms with Gasteiger partial charge in [0.2, 0.25) is 5.88 Å². The molecule has 1 N–H and O–H groups in total. The van der Waals surface area contributed by atoms with Crippen LogP contribution in [0.1, 0.15) is 11.3 Å². The number of ether oxygens (including phenoxy) is 1. The molecule has 0 aliphatic heterocycles. The Kier molecular flexibility index (Phi) is 5.24. The van der Waals surface area contributed by atoms with Crippen molar-refractivity contribution in [1.82, 2.24) is 15.0 Å². The van der Waals surface area contributed by atoms with Crippen LogP contribution < -0.4 is 10.1 Å². The Morgan fingerprint density at radius 3 is 2.50 bits per heavy atom. The molecule has 1 aromatic carbocycles. The van der Waals surface area contributed by atoms with Crippen molar-refractivity contribution < 1.29 is 4.74 Å². The van der Waals surface area contributed by atoms with E-state index in [0.717, 1.165) is 28.2 Å². The maximum Gasteiger partial charge on any atom is 0.219 e. The average molecular weight is 368 g/mol. The fourth-order valence-corrected chi connectivity index (χ4v) is 2.82. The molecule has 0 unspecified atom stereocenters. The highest BCUT2D eigenvalue weighted by atomic mass is 16.5. The summed E-state index contributed by atoms with van der Waals surface area (Å²) >= 11 is 0. The van der Waals surface area contributed by atoms with Crippen molar-refractivity contribution in [3.8, 4) is 22.9 Å². The number of hydrogen-bond acceptors (Lipinski definition) is 5. The van der Waals surface area contributed by atoms with E-state index in [4.69, 9.17) is 4.74 Å². The van der Waals surface area contributed by atoms with Gasteiger partial charge in [-0.3, -0.25) is 9.97 Å². The molecule has 0 bridgehead atoms. The monoisotopic (exact) mass is 368 g/mol. The maximum atomic E-state index is 5.86. The molecule has 0 aliphatic carbocycles. The minimum atomic E-state index is 0.540. The maximum absolute atomic E-state index is 5.86. The fraction of sp³-hybridized carbons (Fsp3) is 0.0870. The van der Waals surface area contributed by atoms with E-state index in [1.54, 1.807) is 12.4 Å². The van der Waals surface area contributed by atoms with Crippen LogP contribution in [0, 0.1) is 6.92 Å². The molecule has 3 heterocycles. The summed E-state index contributed by atoms with van der Waals surface area (Å²) in [5, 5.41) is 3.38. The molecule has 0 radical (unpaired) electrons. The number of aromatic nitrogens is 3. The predicted molar refractivity (Wildman–Crippen MR) is 110 cm³/mol. The highest BCUT2D eigenvalue weighted by molar-refractivity contribution is 5.59. The van der Waals surface area contributed by atoms with Crippen LogP contribution in [0.25, 0.3) is 11.3 Å². The van der Waals surface area contributed by atoms with Crippen molar-refractivity contribution in [1.29, 1.82) is 0 Å². The molecule has 0 spiro atoms. The van der Waals surface area contributed by atoms with Gasteiger partial charge in [0.25, 0.3) is 0 Å². The van der Waals surface area contributed by atoms with Crippen LogP contribution in [0.4, 0.5) is 5.69 Å². The van der Waals surface area contributed by atoms with Gasteiger partial charge in [-0.2, -0.15) is 0 Å². The van der Waals surface area contributed by atoms with Gasteiger partial charge < -0.3 is 10.1 Å². The Balaban J connectivity index is 1.41. The van der Waals surface area contributed by atoms with Crippen molar-refractivity contribution in [3.05, 3.63) is 96.6 Å². The second-order valence-corrected chi connectivity index (χ2v) is 6.34. The van der Waals surface area contributed by atoms with Crippen molar-refractivity contribution in [2.45, 2.75) is 13.5 Å². The zero-order valence-corrected chi connectivity index (χ0v) is 15.5. The summed E-state index contributed by atoms with van der Waals surface area (Å²) in [6, 6.07) is 21.7. The number of pyridine rings is 3. The van der Waals surface area contributed by atoms with Crippen LogP contribution >= 0.6 is 0 Å². The van der Waals surface area contributed by atoms with Gasteiger partial charge in [0, 0.05) is 30.6 Å². The van der Waals surface area contributed by atoms with Gasteiger partial charge in [0.05, 0.1) is 23.3 Å². The molecule has 138 valence electrons. The quantitative estimate of drug-likeness (QED) is 0.503. The van der Waals surface area contributed by atoms with E-state index in [1.165, 1.54) is 0 Å². The summed E-state index contributed by atoms with van der Waals surface area (Å²) in [5.74, 6) is 1.20. The lowest BCUT2D eigenvalue weighted by atomic mass is 10.1. The van der Waals surface area contributed by atoms with E-state index in [-0.39, 0.29) is 0 Å². The standard InChI is InChI=1S/C23H20N4O/c1-17-21(25-15-18-6-5-13-24-14-18)11-12-23(27-17)28-20-9-10-22(26-16-20)19-7-3-2-4-8-19/h2-14,16,25H,15H2,1H3. The lowest BCUT2D eigenvalue weighted by Gasteiger charge is -2.11. The third-order valence-electron chi connectivity index (χ3n) is 4.29. The third kappa shape index (κ3) is 4.32. The number of rotatable bonds is 6. The largest absolute Gasteiger partial charge is 0.437 e. The van der Waals surface area contributed by atoms with Crippen LogP contribution in [-0.4, -0.2) is 15.0 Å². The zero-order chi connectivity index (χ0) is 19.2. The molecule has 0 amide bonds. The summed E-state index contributed by atoms with van der Waals surface area (Å²) in [4.78, 5) is 13.1. The van der Waals surface area contributed by atoms with E-state index >= 15 is 0 Å². The van der Waals surface area contributed by atoms with Crippen molar-refractivity contribution in [3.63, 3.8) is 0 Å². The number of aryl methyl sites for hydroxylation is 1. The molecule has 4 aromatic rings. The van der Waals surface area contributed by atoms with E-state index < -0.39 is 0 Å². The smallest absolute Gasteiger partial charge is 0.219 e. The van der Waals surface area contributed by atoms with E-state index in [0.29, 0.717) is 18.2 Å². The highest BCUT2D eigenvalue weighted by Crippen LogP contribution is 2.24. The summed E-state index contributed by atoms with van der Waals surface area (Å²) in [6.07, 6.45) is 5.33. The van der Waals surface area contributed by atoms with Gasteiger partial charge in [-0.05, 0) is 36.8 Å². The predicted octanol–water partition coefficient (Wildman–Crippen LogP) is 5.25. The number of benzene rings is 1. The number of nitrogens with zero attached hydrogens (tertiary/aromatic N) is 3. The van der Waals surface area contributed by atoms with Crippen LogP contribution in [0.3, 0.4) is 0 Å². The molecule has 4 rings (SSSR count). The first-order valence-electron chi connectivity index (χ1n) is 9.08. The van der Waals surface area contributed by atoms with E-state index in [2.05, 4.69) is 20.3 Å². The van der Waals surface area contributed by atoms with Crippen molar-refractivity contribution >= 4 is 5.69 Å². The lowest BCUT2D eigenvalue weighted by molar-refractivity contribution is 0.460.